The summed E-state index contributed by atoms with van der Waals surface area (Å²) in [5, 5.41) is 7.44. The van der Waals surface area contributed by atoms with E-state index in [0.29, 0.717) is 22.1 Å². The molecule has 0 amide bonds. The maximum atomic E-state index is 11.7. The first kappa shape index (κ1) is 15.6. The van der Waals surface area contributed by atoms with E-state index in [1.807, 2.05) is 12.1 Å². The predicted octanol–water partition coefficient (Wildman–Crippen LogP) is 2.56. The molecule has 0 aliphatic carbocycles. The Morgan fingerprint density at radius 3 is 2.74 bits per heavy atom. The van der Waals surface area contributed by atoms with Gasteiger partial charge in [-0.2, -0.15) is 5.10 Å². The van der Waals surface area contributed by atoms with Gasteiger partial charge in [0.1, 0.15) is 0 Å². The van der Waals surface area contributed by atoms with Crippen LogP contribution >= 0.6 is 12.2 Å². The summed E-state index contributed by atoms with van der Waals surface area (Å²) in [5.74, 6) is 0.618. The van der Waals surface area contributed by atoms with E-state index in [4.69, 9.17) is 12.2 Å². The molecule has 0 fully saturated rings. The van der Waals surface area contributed by atoms with Crippen LogP contribution in [0.3, 0.4) is 0 Å². The van der Waals surface area contributed by atoms with Crippen molar-refractivity contribution in [1.82, 2.24) is 14.6 Å². The van der Waals surface area contributed by atoms with Crippen molar-refractivity contribution in [3.8, 4) is 11.3 Å². The lowest BCUT2D eigenvalue weighted by atomic mass is 10.1. The van der Waals surface area contributed by atoms with Crippen molar-refractivity contribution >= 4 is 38.5 Å². The van der Waals surface area contributed by atoms with Crippen molar-refractivity contribution < 1.29 is 8.42 Å². The van der Waals surface area contributed by atoms with Crippen LogP contribution in [0.1, 0.15) is 6.92 Å². The lowest BCUT2D eigenvalue weighted by molar-refractivity contribution is 0.602. The smallest absolute Gasteiger partial charge is 0.175 e. The molecule has 3 rings (SSSR count). The summed E-state index contributed by atoms with van der Waals surface area (Å²) in [6, 6.07) is 10.3. The third-order valence-electron chi connectivity index (χ3n) is 3.18. The molecule has 8 heteroatoms. The number of hydrogen-bond donors (Lipinski definition) is 1. The highest BCUT2D eigenvalue weighted by molar-refractivity contribution is 7.90. The average Bonchev–Trinajstić information content (AvgIpc) is 2.86. The third-order valence-corrected chi connectivity index (χ3v) is 4.39. The molecule has 3 aromatic rings. The van der Waals surface area contributed by atoms with Gasteiger partial charge < -0.3 is 5.32 Å². The zero-order valence-electron chi connectivity index (χ0n) is 12.5. The number of nitrogens with one attached hydrogen (secondary N) is 1. The zero-order chi connectivity index (χ0) is 16.6. The van der Waals surface area contributed by atoms with Crippen LogP contribution in [0.25, 0.3) is 16.9 Å². The fraction of sp³-hybridized carbons (Fsp3) is 0.133. The Balaban J connectivity index is 2.05. The second kappa shape index (κ2) is 5.71. The van der Waals surface area contributed by atoms with E-state index in [1.54, 1.807) is 41.9 Å². The largest absolute Gasteiger partial charge is 0.334 e. The van der Waals surface area contributed by atoms with Gasteiger partial charge in [-0.1, -0.05) is 24.4 Å². The first-order chi connectivity index (χ1) is 10.8. The molecule has 2 heterocycles. The Morgan fingerprint density at radius 1 is 1.26 bits per heavy atom. The summed E-state index contributed by atoms with van der Waals surface area (Å²) in [4.78, 5) is 5.24. The highest BCUT2D eigenvalue weighted by Gasteiger charge is 2.10. The number of benzene rings is 1. The molecule has 118 valence electrons. The summed E-state index contributed by atoms with van der Waals surface area (Å²) < 4.78 is 25.0. The highest BCUT2D eigenvalue weighted by atomic mass is 32.2. The predicted molar refractivity (Wildman–Crippen MR) is 93.4 cm³/mol. The summed E-state index contributed by atoms with van der Waals surface area (Å²) in [7, 11) is -3.26. The van der Waals surface area contributed by atoms with Gasteiger partial charge in [0.25, 0.3) is 0 Å². The van der Waals surface area contributed by atoms with E-state index in [0.717, 1.165) is 5.56 Å². The molecular weight excluding hydrogens is 332 g/mol. The molecule has 1 N–H and O–H groups in total. The van der Waals surface area contributed by atoms with Crippen LogP contribution in [0.5, 0.6) is 0 Å². The number of imidazole rings is 1. The molecule has 1 aromatic carbocycles. The van der Waals surface area contributed by atoms with Crippen LogP contribution in [0.15, 0.2) is 47.5 Å². The van der Waals surface area contributed by atoms with Gasteiger partial charge in [0.05, 0.1) is 21.8 Å². The van der Waals surface area contributed by atoms with Gasteiger partial charge in [0.15, 0.2) is 21.3 Å². The lowest BCUT2D eigenvalue weighted by Gasteiger charge is -2.04. The normalized spacial score (nSPS) is 11.6. The Kier molecular flexibility index (Phi) is 3.87. The van der Waals surface area contributed by atoms with Crippen LogP contribution in [-0.2, 0) is 9.84 Å². The third kappa shape index (κ3) is 3.38. The Hall–Kier alpha value is -2.32. The van der Waals surface area contributed by atoms with Gasteiger partial charge in [-0.05, 0) is 31.2 Å². The van der Waals surface area contributed by atoms with E-state index in [9.17, 15) is 8.42 Å². The number of sulfone groups is 1. The first-order valence-corrected chi connectivity index (χ1v) is 9.07. The van der Waals surface area contributed by atoms with E-state index < -0.39 is 9.84 Å². The topological polar surface area (TPSA) is 76.4 Å². The summed E-state index contributed by atoms with van der Waals surface area (Å²) in [5.41, 5.74) is 2.06. The molecule has 23 heavy (non-hydrogen) atoms. The van der Waals surface area contributed by atoms with Crippen LogP contribution in [-0.4, -0.2) is 34.3 Å². The molecule has 0 spiro atoms. The van der Waals surface area contributed by atoms with Crippen LogP contribution < -0.4 is 5.32 Å². The van der Waals surface area contributed by atoms with Gasteiger partial charge >= 0.3 is 0 Å². The highest BCUT2D eigenvalue weighted by Crippen LogP contribution is 2.21. The van der Waals surface area contributed by atoms with Gasteiger partial charge in [-0.25, -0.2) is 17.9 Å². The molecule has 0 saturated heterocycles. The summed E-state index contributed by atoms with van der Waals surface area (Å²) in [6.07, 6.45) is 2.92. The second-order valence-electron chi connectivity index (χ2n) is 5.13. The van der Waals surface area contributed by atoms with Crippen LogP contribution in [0.4, 0.5) is 5.82 Å². The number of fused-ring (bicyclic) bond motifs is 1. The van der Waals surface area contributed by atoms with Crippen LogP contribution in [0, 0.1) is 0 Å². The Morgan fingerprint density at radius 2 is 2.04 bits per heavy atom. The SMILES string of the molecule is CC(=S)Nc1cn2nc(-c3cccc(S(C)(=O)=O)c3)ccc2n1. The molecule has 6 nitrogen and oxygen atoms in total. The fourth-order valence-electron chi connectivity index (χ4n) is 2.16. The quantitative estimate of drug-likeness (QED) is 0.735. The molecule has 0 bridgehead atoms. The molecule has 0 unspecified atom stereocenters. The number of nitrogens with zero attached hydrogens (tertiary/aromatic N) is 3. The van der Waals surface area contributed by atoms with Crippen molar-refractivity contribution in [2.75, 3.05) is 11.6 Å². The maximum absolute atomic E-state index is 11.7. The first-order valence-electron chi connectivity index (χ1n) is 6.77. The lowest BCUT2D eigenvalue weighted by Crippen LogP contribution is -2.03. The number of thiocarbonyl (C=S) groups is 1. The average molecular weight is 346 g/mol. The second-order valence-corrected chi connectivity index (χ2v) is 7.76. The number of hydrogen-bond acceptors (Lipinski definition) is 5. The van der Waals surface area contributed by atoms with E-state index >= 15 is 0 Å². The minimum absolute atomic E-state index is 0.265. The maximum Gasteiger partial charge on any atom is 0.175 e. The molecule has 0 aliphatic rings. The number of anilines is 1. The summed E-state index contributed by atoms with van der Waals surface area (Å²) in [6.45, 7) is 1.77. The van der Waals surface area contributed by atoms with E-state index in [2.05, 4.69) is 15.4 Å². The van der Waals surface area contributed by atoms with Gasteiger partial charge in [0.2, 0.25) is 0 Å². The Labute approximate surface area is 139 Å². The van der Waals surface area contributed by atoms with Crippen molar-refractivity contribution in [3.63, 3.8) is 0 Å². The molecule has 2 aromatic heterocycles. The van der Waals surface area contributed by atoms with Crippen molar-refractivity contribution in [3.05, 3.63) is 42.6 Å². The molecule has 0 saturated carbocycles. The van der Waals surface area contributed by atoms with Crippen molar-refractivity contribution in [1.29, 1.82) is 0 Å². The van der Waals surface area contributed by atoms with Gasteiger partial charge in [-0.15, -0.1) is 0 Å². The molecule has 0 radical (unpaired) electrons. The molecular formula is C15H14N4O2S2. The Bertz CT molecular complexity index is 1010. The fourth-order valence-corrected chi connectivity index (χ4v) is 2.93. The number of aromatic nitrogens is 3. The minimum Gasteiger partial charge on any atom is -0.334 e. The standard InChI is InChI=1S/C15H14N4O2S2/c1-10(22)16-14-9-19-15(17-14)7-6-13(18-19)11-4-3-5-12(8-11)23(2,20)21/h3-9H,1-2H3,(H,16,22). The van der Waals surface area contributed by atoms with E-state index in [1.165, 1.54) is 6.26 Å². The number of rotatable bonds is 3. The van der Waals surface area contributed by atoms with Gasteiger partial charge in [0, 0.05) is 11.8 Å². The monoisotopic (exact) mass is 346 g/mol. The van der Waals surface area contributed by atoms with Crippen molar-refractivity contribution in [2.45, 2.75) is 11.8 Å². The van der Waals surface area contributed by atoms with E-state index in [-0.39, 0.29) is 4.90 Å². The van der Waals surface area contributed by atoms with Crippen LogP contribution in [0.2, 0.25) is 0 Å². The molecule has 0 atom stereocenters. The van der Waals surface area contributed by atoms with Gasteiger partial charge in [-0.3, -0.25) is 0 Å². The zero-order valence-corrected chi connectivity index (χ0v) is 14.1. The molecule has 0 aliphatic heterocycles. The summed E-state index contributed by atoms with van der Waals surface area (Å²) >= 11 is 5.00. The van der Waals surface area contributed by atoms with Crippen molar-refractivity contribution in [2.24, 2.45) is 0 Å². The minimum atomic E-state index is -3.26.